The number of unbranched alkanes of at least 4 members (excludes halogenated alkanes) is 13. The molecule has 1 heterocycles. The zero-order valence-corrected chi connectivity index (χ0v) is 26.2. The van der Waals surface area contributed by atoms with E-state index in [1.165, 1.54) is 76.2 Å². The molecule has 1 aliphatic heterocycles. The van der Waals surface area contributed by atoms with Gasteiger partial charge in [-0.3, -0.25) is 4.79 Å². The van der Waals surface area contributed by atoms with E-state index in [0.717, 1.165) is 50.0 Å². The SMILES string of the molecule is CCCCCCCCC=CCCCCCCCC(=O)O.[K+].[O-]CCCCCc1ccc2c(c1)OCO2. The second-order valence-electron chi connectivity index (χ2n) is 9.43. The minimum Gasteiger partial charge on any atom is -0.854 e. The third-order valence-electron chi connectivity index (χ3n) is 6.20. The summed E-state index contributed by atoms with van der Waals surface area (Å²) in [6.07, 6.45) is 25.1. The Morgan fingerprint density at radius 1 is 0.833 bits per heavy atom. The maximum Gasteiger partial charge on any atom is 1.00 e. The fourth-order valence-corrected chi connectivity index (χ4v) is 4.05. The number of hydrogen-bond donors (Lipinski definition) is 1. The Morgan fingerprint density at radius 3 is 2.06 bits per heavy atom. The largest absolute Gasteiger partial charge is 1.00 e. The van der Waals surface area contributed by atoms with Crippen LogP contribution in [-0.2, 0) is 11.2 Å². The predicted octanol–water partition coefficient (Wildman–Crippen LogP) is 4.60. The first-order valence-corrected chi connectivity index (χ1v) is 14.0. The molecule has 0 aliphatic carbocycles. The molecule has 0 fully saturated rings. The van der Waals surface area contributed by atoms with Crippen molar-refractivity contribution in [2.75, 3.05) is 13.4 Å². The van der Waals surface area contributed by atoms with Crippen LogP contribution in [0.2, 0.25) is 0 Å². The summed E-state index contributed by atoms with van der Waals surface area (Å²) in [6.45, 7) is 2.63. The van der Waals surface area contributed by atoms with E-state index in [1.807, 2.05) is 12.1 Å². The number of benzene rings is 1. The number of carbonyl (C=O) groups is 1. The van der Waals surface area contributed by atoms with Crippen LogP contribution in [0.3, 0.4) is 0 Å². The van der Waals surface area contributed by atoms with Gasteiger partial charge >= 0.3 is 57.4 Å². The second-order valence-corrected chi connectivity index (χ2v) is 9.43. The van der Waals surface area contributed by atoms with Gasteiger partial charge in [0.2, 0.25) is 6.79 Å². The van der Waals surface area contributed by atoms with Crippen LogP contribution in [0.15, 0.2) is 30.4 Å². The van der Waals surface area contributed by atoms with Crippen molar-refractivity contribution in [2.45, 2.75) is 122 Å². The maximum atomic E-state index is 10.3. The maximum absolute atomic E-state index is 10.3. The molecule has 2 rings (SSSR count). The van der Waals surface area contributed by atoms with E-state index >= 15 is 0 Å². The van der Waals surface area contributed by atoms with Gasteiger partial charge in [0.15, 0.2) is 11.5 Å². The Hall–Kier alpha value is -0.374. The van der Waals surface area contributed by atoms with Gasteiger partial charge in [0.25, 0.3) is 0 Å². The van der Waals surface area contributed by atoms with Crippen LogP contribution in [0.5, 0.6) is 11.5 Å². The fraction of sp³-hybridized carbons (Fsp3) is 0.700. The summed E-state index contributed by atoms with van der Waals surface area (Å²) in [5.41, 5.74) is 1.25. The van der Waals surface area contributed by atoms with E-state index < -0.39 is 5.97 Å². The molecule has 0 spiro atoms. The normalized spacial score (nSPS) is 11.7. The first kappa shape index (κ1) is 35.6. The van der Waals surface area contributed by atoms with Gasteiger partial charge in [0.1, 0.15) is 0 Å². The summed E-state index contributed by atoms with van der Waals surface area (Å²) < 4.78 is 10.5. The third kappa shape index (κ3) is 20.7. The standard InChI is InChI=1S/C18H34O2.C12H15O3.K/c1-2-3-4-5-6-7-8-9-10-11-12-13-14-15-16-17-18(19)20;13-7-3-1-2-4-10-5-6-11-12(8-10)15-9-14-11;/h9-10H,2-8,11-17H2,1H3,(H,19,20);5-6,8H,1-4,7,9H2;/q;-1;+1. The van der Waals surface area contributed by atoms with Gasteiger partial charge in [0.05, 0.1) is 0 Å². The predicted molar refractivity (Wildman–Crippen MR) is 142 cm³/mol. The molecule has 0 saturated carbocycles. The average molecular weight is 529 g/mol. The molecule has 1 aromatic carbocycles. The molecule has 5 nitrogen and oxygen atoms in total. The van der Waals surface area contributed by atoms with E-state index in [2.05, 4.69) is 25.1 Å². The number of carboxylic acid groups (broad SMARTS) is 1. The summed E-state index contributed by atoms with van der Waals surface area (Å²) in [7, 11) is 0. The minimum atomic E-state index is -0.664. The Kier molecular flexibility index (Phi) is 26.0. The molecule has 0 bridgehead atoms. The smallest absolute Gasteiger partial charge is 0.854 e. The van der Waals surface area contributed by atoms with Gasteiger partial charge in [-0.15, -0.1) is 6.61 Å². The summed E-state index contributed by atoms with van der Waals surface area (Å²) >= 11 is 0. The molecule has 200 valence electrons. The number of carboxylic acids is 1. The van der Waals surface area contributed by atoms with E-state index in [4.69, 9.17) is 14.6 Å². The van der Waals surface area contributed by atoms with Gasteiger partial charge in [-0.25, -0.2) is 0 Å². The Labute approximate surface area is 262 Å². The van der Waals surface area contributed by atoms with Gasteiger partial charge in [0, 0.05) is 6.42 Å². The topological polar surface area (TPSA) is 78.8 Å². The Bertz CT molecular complexity index is 677. The van der Waals surface area contributed by atoms with Crippen LogP contribution in [0.1, 0.15) is 122 Å². The Morgan fingerprint density at radius 2 is 1.42 bits per heavy atom. The van der Waals surface area contributed by atoms with Crippen molar-refractivity contribution in [3.63, 3.8) is 0 Å². The van der Waals surface area contributed by atoms with Crippen LogP contribution in [0.25, 0.3) is 0 Å². The number of hydrogen-bond acceptors (Lipinski definition) is 4. The first-order valence-electron chi connectivity index (χ1n) is 14.0. The van der Waals surface area contributed by atoms with Crippen molar-refractivity contribution in [1.29, 1.82) is 0 Å². The molecule has 0 atom stereocenters. The van der Waals surface area contributed by atoms with Crippen LogP contribution >= 0.6 is 0 Å². The summed E-state index contributed by atoms with van der Waals surface area (Å²) in [4.78, 5) is 10.3. The molecule has 0 amide bonds. The molecule has 6 heteroatoms. The van der Waals surface area contributed by atoms with E-state index in [1.54, 1.807) is 0 Å². The van der Waals surface area contributed by atoms with Gasteiger partial charge in [-0.2, -0.15) is 0 Å². The molecule has 1 N–H and O–H groups in total. The van der Waals surface area contributed by atoms with Crippen LogP contribution in [-0.4, -0.2) is 24.5 Å². The van der Waals surface area contributed by atoms with Crippen molar-refractivity contribution in [2.24, 2.45) is 0 Å². The fourth-order valence-electron chi connectivity index (χ4n) is 4.05. The molecule has 0 saturated heterocycles. The molecular formula is C30H49KO5. The van der Waals surface area contributed by atoms with Crippen molar-refractivity contribution in [3.05, 3.63) is 35.9 Å². The van der Waals surface area contributed by atoms with Crippen molar-refractivity contribution < 1.29 is 75.9 Å². The zero-order valence-electron chi connectivity index (χ0n) is 23.1. The van der Waals surface area contributed by atoms with Crippen LogP contribution < -0.4 is 66.0 Å². The van der Waals surface area contributed by atoms with Gasteiger partial charge < -0.3 is 19.7 Å². The Balaban J connectivity index is 0.000000682. The molecule has 0 unspecified atom stereocenters. The van der Waals surface area contributed by atoms with Gasteiger partial charge in [-0.05, 0) is 62.6 Å². The first-order chi connectivity index (χ1) is 17.2. The number of aryl methyl sites for hydroxylation is 1. The summed E-state index contributed by atoms with van der Waals surface area (Å²) in [5.74, 6) is 1.01. The van der Waals surface area contributed by atoms with Crippen LogP contribution in [0, 0.1) is 0 Å². The van der Waals surface area contributed by atoms with E-state index in [-0.39, 0.29) is 58.0 Å². The van der Waals surface area contributed by atoms with Crippen molar-refractivity contribution in [1.82, 2.24) is 0 Å². The monoisotopic (exact) mass is 528 g/mol. The van der Waals surface area contributed by atoms with Crippen molar-refractivity contribution in [3.8, 4) is 11.5 Å². The van der Waals surface area contributed by atoms with Crippen LogP contribution in [0.4, 0.5) is 0 Å². The number of aliphatic carboxylic acids is 1. The molecule has 0 aromatic heterocycles. The summed E-state index contributed by atoms with van der Waals surface area (Å²) in [6, 6.07) is 6.04. The van der Waals surface area contributed by atoms with E-state index in [9.17, 15) is 9.90 Å². The van der Waals surface area contributed by atoms with Gasteiger partial charge in [-0.1, -0.05) is 89.4 Å². The minimum absolute atomic E-state index is 0. The van der Waals surface area contributed by atoms with Crippen molar-refractivity contribution >= 4 is 5.97 Å². The number of ether oxygens (including phenoxy) is 2. The molecule has 1 aliphatic rings. The van der Waals surface area contributed by atoms with E-state index in [0.29, 0.717) is 13.2 Å². The molecule has 1 aromatic rings. The quantitative estimate of drug-likeness (QED) is 0.152. The molecule has 0 radical (unpaired) electrons. The second kappa shape index (κ2) is 26.2. The third-order valence-corrected chi connectivity index (χ3v) is 6.20. The zero-order chi connectivity index (χ0) is 25.4. The number of fused-ring (bicyclic) bond motifs is 1. The summed E-state index contributed by atoms with van der Waals surface area (Å²) in [5, 5.41) is 18.8. The number of rotatable bonds is 20. The molecular weight excluding hydrogens is 479 g/mol. The average Bonchev–Trinajstić information content (AvgIpc) is 3.32. The molecule has 36 heavy (non-hydrogen) atoms. The number of allylic oxidation sites excluding steroid dienone is 2.